The first-order chi connectivity index (χ1) is 9.98. The molecule has 1 fully saturated rings. The second-order valence-electron chi connectivity index (χ2n) is 5.27. The van der Waals surface area contributed by atoms with Gasteiger partial charge in [-0.3, -0.25) is 4.79 Å². The van der Waals surface area contributed by atoms with Crippen molar-refractivity contribution in [3.8, 4) is 5.75 Å². The summed E-state index contributed by atoms with van der Waals surface area (Å²) in [6.07, 6.45) is 0.217. The zero-order chi connectivity index (χ0) is 15.3. The quantitative estimate of drug-likeness (QED) is 0.858. The Bertz CT molecular complexity index is 488. The molecule has 1 aromatic rings. The molecule has 1 aliphatic heterocycles. The molecule has 2 N–H and O–H groups in total. The number of hydrogen-bond donors (Lipinski definition) is 2. The molecule has 1 heterocycles. The Labute approximate surface area is 123 Å². The Balaban J connectivity index is 1.82. The van der Waals surface area contributed by atoms with E-state index >= 15 is 0 Å². The SMILES string of the molecule is CC(Oc1cccc(F)c1)C(=O)NCC1(O)CCOCC1. The van der Waals surface area contributed by atoms with Crippen LogP contribution >= 0.6 is 0 Å². The van der Waals surface area contributed by atoms with Crippen molar-refractivity contribution in [3.63, 3.8) is 0 Å². The van der Waals surface area contributed by atoms with E-state index < -0.39 is 17.5 Å². The molecular formula is C15H20FNO4. The van der Waals surface area contributed by atoms with Crippen molar-refractivity contribution in [3.05, 3.63) is 30.1 Å². The average Bonchev–Trinajstić information content (AvgIpc) is 2.45. The predicted octanol–water partition coefficient (Wildman–Crippen LogP) is 1.25. The van der Waals surface area contributed by atoms with Gasteiger partial charge in [-0.25, -0.2) is 4.39 Å². The minimum atomic E-state index is -0.924. The van der Waals surface area contributed by atoms with Gasteiger partial charge in [0.2, 0.25) is 0 Å². The largest absolute Gasteiger partial charge is 0.481 e. The van der Waals surface area contributed by atoms with E-state index in [1.54, 1.807) is 13.0 Å². The Morgan fingerprint density at radius 2 is 2.24 bits per heavy atom. The van der Waals surface area contributed by atoms with E-state index in [2.05, 4.69) is 5.32 Å². The molecule has 0 bridgehead atoms. The monoisotopic (exact) mass is 297 g/mol. The fourth-order valence-electron chi connectivity index (χ4n) is 2.12. The first-order valence-electron chi connectivity index (χ1n) is 6.99. The van der Waals surface area contributed by atoms with Gasteiger partial charge in [-0.1, -0.05) is 6.07 Å². The highest BCUT2D eigenvalue weighted by atomic mass is 19.1. The number of amides is 1. The summed E-state index contributed by atoms with van der Waals surface area (Å²) in [5.74, 6) is -0.474. The molecule has 0 radical (unpaired) electrons. The molecule has 6 heteroatoms. The van der Waals surface area contributed by atoms with Crippen molar-refractivity contribution in [2.45, 2.75) is 31.5 Å². The number of hydrogen-bond acceptors (Lipinski definition) is 4. The maximum Gasteiger partial charge on any atom is 0.260 e. The number of halogens is 1. The first-order valence-corrected chi connectivity index (χ1v) is 6.99. The van der Waals surface area contributed by atoms with Gasteiger partial charge in [-0.2, -0.15) is 0 Å². The van der Waals surface area contributed by atoms with Crippen molar-refractivity contribution in [2.75, 3.05) is 19.8 Å². The number of nitrogens with one attached hydrogen (secondary N) is 1. The molecule has 1 atom stereocenters. The lowest BCUT2D eigenvalue weighted by Crippen LogP contribution is -2.49. The Morgan fingerprint density at radius 1 is 1.52 bits per heavy atom. The molecular weight excluding hydrogens is 277 g/mol. The number of rotatable bonds is 5. The normalized spacial score (nSPS) is 18.8. The predicted molar refractivity (Wildman–Crippen MR) is 74.5 cm³/mol. The van der Waals surface area contributed by atoms with Gasteiger partial charge in [-0.15, -0.1) is 0 Å². The Morgan fingerprint density at radius 3 is 2.90 bits per heavy atom. The van der Waals surface area contributed by atoms with Crippen LogP contribution in [0.2, 0.25) is 0 Å². The third kappa shape index (κ3) is 4.68. The van der Waals surface area contributed by atoms with Crippen molar-refractivity contribution >= 4 is 5.91 Å². The van der Waals surface area contributed by atoms with Gasteiger partial charge < -0.3 is 19.9 Å². The van der Waals surface area contributed by atoms with Crippen LogP contribution in [-0.4, -0.2) is 42.5 Å². The summed E-state index contributed by atoms with van der Waals surface area (Å²) in [6.45, 7) is 2.71. The van der Waals surface area contributed by atoms with Crippen LogP contribution in [-0.2, 0) is 9.53 Å². The lowest BCUT2D eigenvalue weighted by atomic mass is 9.94. The molecule has 116 valence electrons. The van der Waals surface area contributed by atoms with Gasteiger partial charge in [0.1, 0.15) is 11.6 Å². The van der Waals surface area contributed by atoms with Crippen LogP contribution in [0, 0.1) is 5.82 Å². The van der Waals surface area contributed by atoms with Crippen LogP contribution in [0.25, 0.3) is 0 Å². The van der Waals surface area contributed by atoms with Gasteiger partial charge in [0.15, 0.2) is 6.10 Å². The van der Waals surface area contributed by atoms with Crippen molar-refractivity contribution < 1.29 is 23.8 Å². The molecule has 0 saturated carbocycles. The van der Waals surface area contributed by atoms with E-state index in [1.165, 1.54) is 18.2 Å². The first kappa shape index (κ1) is 15.7. The summed E-state index contributed by atoms with van der Waals surface area (Å²) in [5, 5.41) is 12.9. The standard InChI is InChI=1S/C15H20FNO4/c1-11(21-13-4-2-3-12(16)9-13)14(18)17-10-15(19)5-7-20-8-6-15/h2-4,9,11,19H,5-8,10H2,1H3,(H,17,18). The number of carbonyl (C=O) groups is 1. The second-order valence-corrected chi connectivity index (χ2v) is 5.27. The highest BCUT2D eigenvalue weighted by Crippen LogP contribution is 2.19. The molecule has 1 aliphatic rings. The Hall–Kier alpha value is -1.66. The molecule has 1 unspecified atom stereocenters. The van der Waals surface area contributed by atoms with Crippen molar-refractivity contribution in [1.29, 1.82) is 0 Å². The molecule has 1 saturated heterocycles. The summed E-state index contributed by atoms with van der Waals surface area (Å²) < 4.78 is 23.6. The van der Waals surface area contributed by atoms with E-state index in [1.807, 2.05) is 0 Å². The van der Waals surface area contributed by atoms with E-state index in [0.717, 1.165) is 0 Å². The van der Waals surface area contributed by atoms with Crippen molar-refractivity contribution in [2.24, 2.45) is 0 Å². The molecule has 0 aliphatic carbocycles. The number of ether oxygens (including phenoxy) is 2. The molecule has 21 heavy (non-hydrogen) atoms. The van der Waals surface area contributed by atoms with Gasteiger partial charge in [-0.05, 0) is 19.1 Å². The van der Waals surface area contributed by atoms with E-state index in [-0.39, 0.29) is 12.5 Å². The zero-order valence-corrected chi connectivity index (χ0v) is 12.0. The number of benzene rings is 1. The molecule has 2 rings (SSSR count). The number of aliphatic hydroxyl groups is 1. The van der Waals surface area contributed by atoms with Crippen LogP contribution < -0.4 is 10.1 Å². The minimum Gasteiger partial charge on any atom is -0.481 e. The third-order valence-corrected chi connectivity index (χ3v) is 3.49. The van der Waals surface area contributed by atoms with E-state index in [0.29, 0.717) is 31.8 Å². The second kappa shape index (κ2) is 6.87. The maximum atomic E-state index is 13.0. The van der Waals surface area contributed by atoms with E-state index in [4.69, 9.17) is 9.47 Å². The maximum absolute atomic E-state index is 13.0. The summed E-state index contributed by atoms with van der Waals surface area (Å²) in [7, 11) is 0. The van der Waals surface area contributed by atoms with Gasteiger partial charge >= 0.3 is 0 Å². The third-order valence-electron chi connectivity index (χ3n) is 3.49. The highest BCUT2D eigenvalue weighted by Gasteiger charge is 2.30. The lowest BCUT2D eigenvalue weighted by Gasteiger charge is -2.32. The van der Waals surface area contributed by atoms with Gasteiger partial charge in [0.05, 0.1) is 5.60 Å². The molecule has 0 spiro atoms. The Kier molecular flexibility index (Phi) is 5.14. The van der Waals surface area contributed by atoms with Gasteiger partial charge in [0, 0.05) is 38.7 Å². The fourth-order valence-corrected chi connectivity index (χ4v) is 2.12. The molecule has 5 nitrogen and oxygen atoms in total. The minimum absolute atomic E-state index is 0.159. The van der Waals surface area contributed by atoms with Crippen LogP contribution in [0.1, 0.15) is 19.8 Å². The van der Waals surface area contributed by atoms with E-state index in [9.17, 15) is 14.3 Å². The number of carbonyl (C=O) groups excluding carboxylic acids is 1. The summed E-state index contributed by atoms with van der Waals surface area (Å²) in [5.41, 5.74) is -0.924. The lowest BCUT2D eigenvalue weighted by molar-refractivity contribution is -0.130. The summed E-state index contributed by atoms with van der Waals surface area (Å²) >= 11 is 0. The van der Waals surface area contributed by atoms with Crippen molar-refractivity contribution in [1.82, 2.24) is 5.32 Å². The van der Waals surface area contributed by atoms with Gasteiger partial charge in [0.25, 0.3) is 5.91 Å². The van der Waals surface area contributed by atoms with Crippen LogP contribution in [0.4, 0.5) is 4.39 Å². The fraction of sp³-hybridized carbons (Fsp3) is 0.533. The topological polar surface area (TPSA) is 67.8 Å². The molecule has 1 aromatic carbocycles. The smallest absolute Gasteiger partial charge is 0.260 e. The van der Waals surface area contributed by atoms with Crippen LogP contribution in [0.3, 0.4) is 0 Å². The highest BCUT2D eigenvalue weighted by molar-refractivity contribution is 5.80. The summed E-state index contributed by atoms with van der Waals surface area (Å²) in [6, 6.07) is 5.62. The zero-order valence-electron chi connectivity index (χ0n) is 12.0. The molecule has 1 amide bonds. The van der Waals surface area contributed by atoms with Crippen LogP contribution in [0.5, 0.6) is 5.75 Å². The average molecular weight is 297 g/mol. The van der Waals surface area contributed by atoms with Crippen LogP contribution in [0.15, 0.2) is 24.3 Å². The molecule has 0 aromatic heterocycles. The summed E-state index contributed by atoms with van der Waals surface area (Å²) in [4.78, 5) is 11.9.